The summed E-state index contributed by atoms with van der Waals surface area (Å²) < 4.78 is 67.9. The van der Waals surface area contributed by atoms with Crippen LogP contribution in [0.5, 0.6) is 0 Å². The summed E-state index contributed by atoms with van der Waals surface area (Å²) >= 11 is 0. The Morgan fingerprint density at radius 3 is 2.28 bits per heavy atom. The van der Waals surface area contributed by atoms with Gasteiger partial charge in [0.25, 0.3) is 5.91 Å². The van der Waals surface area contributed by atoms with Crippen LogP contribution in [0.25, 0.3) is 0 Å². The van der Waals surface area contributed by atoms with E-state index in [4.69, 9.17) is 0 Å². The van der Waals surface area contributed by atoms with Gasteiger partial charge < -0.3 is 0 Å². The lowest BCUT2D eigenvalue weighted by Gasteiger charge is -2.30. The van der Waals surface area contributed by atoms with Gasteiger partial charge in [0.1, 0.15) is 5.56 Å². The molecule has 1 aromatic heterocycles. The molecule has 36 heavy (non-hydrogen) atoms. The summed E-state index contributed by atoms with van der Waals surface area (Å²) in [4.78, 5) is 21.0. The fraction of sp³-hybridized carbons (Fsp3) is 0.292. The number of carbonyl (C=O) groups is 1. The van der Waals surface area contributed by atoms with Gasteiger partial charge in [0.15, 0.2) is 10.8 Å². The van der Waals surface area contributed by atoms with E-state index in [0.29, 0.717) is 18.1 Å². The fourth-order valence-electron chi connectivity index (χ4n) is 4.38. The zero-order valence-electron chi connectivity index (χ0n) is 19.6. The van der Waals surface area contributed by atoms with Crippen LogP contribution in [0.4, 0.5) is 19.0 Å². The van der Waals surface area contributed by atoms with Gasteiger partial charge in [-0.3, -0.25) is 14.6 Å². The number of anilines is 1. The Labute approximate surface area is 205 Å². The maximum absolute atomic E-state index is 13.8. The molecule has 3 heterocycles. The molecular weight excluding hydrogens is 495 g/mol. The number of fused-ring (bicyclic) bond motifs is 3. The third-order valence-corrected chi connectivity index (χ3v) is 7.89. The van der Waals surface area contributed by atoms with Crippen molar-refractivity contribution in [2.75, 3.05) is 18.5 Å². The summed E-state index contributed by atoms with van der Waals surface area (Å²) in [6.45, 7) is 3.98. The van der Waals surface area contributed by atoms with Crippen LogP contribution < -0.4 is 4.90 Å². The van der Waals surface area contributed by atoms with Gasteiger partial charge in [0, 0.05) is 7.05 Å². The average molecular weight is 518 g/mol. The molecular formula is C24H22F3N5O3S. The van der Waals surface area contributed by atoms with Gasteiger partial charge in [-0.25, -0.2) is 18.1 Å². The SMILES string of the molecule is CN1C(=O)c2c(nn(Cc3ccc(C(F)(F)F)cc3)c2S(=O)(=O)c2ccccc2)N2CC(C)(C)N=C12. The Hall–Kier alpha value is -3.67. The smallest absolute Gasteiger partial charge is 0.292 e. The van der Waals surface area contributed by atoms with Crippen molar-refractivity contribution in [3.05, 3.63) is 71.3 Å². The van der Waals surface area contributed by atoms with E-state index in [1.54, 1.807) is 23.1 Å². The van der Waals surface area contributed by atoms with Crippen molar-refractivity contribution in [2.24, 2.45) is 4.99 Å². The van der Waals surface area contributed by atoms with Crippen LogP contribution in [0.15, 0.2) is 69.5 Å². The van der Waals surface area contributed by atoms with Crippen LogP contribution in [0.1, 0.15) is 35.3 Å². The molecule has 0 fully saturated rings. The first-order chi connectivity index (χ1) is 16.8. The number of halogens is 3. The van der Waals surface area contributed by atoms with E-state index in [1.807, 2.05) is 13.8 Å². The molecule has 2 aliphatic rings. The second kappa shape index (κ2) is 7.92. The topological polar surface area (TPSA) is 87.9 Å². The molecule has 8 nitrogen and oxygen atoms in total. The number of guanidine groups is 1. The number of carbonyl (C=O) groups excluding carboxylic acids is 1. The van der Waals surface area contributed by atoms with Gasteiger partial charge in [0.05, 0.1) is 29.1 Å². The van der Waals surface area contributed by atoms with E-state index in [-0.39, 0.29) is 27.8 Å². The second-order valence-electron chi connectivity index (χ2n) is 9.35. The van der Waals surface area contributed by atoms with E-state index in [1.165, 1.54) is 40.9 Å². The molecule has 5 rings (SSSR count). The third-order valence-electron chi connectivity index (χ3n) is 6.07. The Morgan fingerprint density at radius 2 is 1.67 bits per heavy atom. The minimum Gasteiger partial charge on any atom is -0.292 e. The van der Waals surface area contributed by atoms with E-state index >= 15 is 0 Å². The Kier molecular flexibility index (Phi) is 5.29. The number of sulfone groups is 1. The van der Waals surface area contributed by atoms with E-state index in [0.717, 1.165) is 12.1 Å². The molecule has 0 atom stereocenters. The summed E-state index contributed by atoms with van der Waals surface area (Å²) in [7, 11) is -2.71. The van der Waals surface area contributed by atoms with Gasteiger partial charge in [-0.05, 0) is 43.7 Å². The molecule has 2 aromatic carbocycles. The van der Waals surface area contributed by atoms with Crippen molar-refractivity contribution in [3.63, 3.8) is 0 Å². The predicted octanol–water partition coefficient (Wildman–Crippen LogP) is 3.82. The zero-order chi connectivity index (χ0) is 26.0. The summed E-state index contributed by atoms with van der Waals surface area (Å²) in [6.07, 6.45) is -4.50. The zero-order valence-corrected chi connectivity index (χ0v) is 20.4. The molecule has 1 amide bonds. The number of hydrogen-bond acceptors (Lipinski definition) is 6. The molecule has 2 aliphatic heterocycles. The highest BCUT2D eigenvalue weighted by Crippen LogP contribution is 2.39. The van der Waals surface area contributed by atoms with Crippen LogP contribution in [0.3, 0.4) is 0 Å². The number of amides is 1. The molecule has 0 N–H and O–H groups in total. The van der Waals surface area contributed by atoms with Crippen molar-refractivity contribution in [2.45, 2.75) is 42.0 Å². The molecule has 0 radical (unpaired) electrons. The minimum atomic E-state index is -4.50. The van der Waals surface area contributed by atoms with Crippen LogP contribution in [0, 0.1) is 0 Å². The Bertz CT molecular complexity index is 1490. The lowest BCUT2D eigenvalue weighted by atomic mass is 10.1. The molecule has 0 spiro atoms. The number of rotatable bonds is 4. The Morgan fingerprint density at radius 1 is 1.03 bits per heavy atom. The lowest BCUT2D eigenvalue weighted by molar-refractivity contribution is -0.137. The second-order valence-corrected chi connectivity index (χ2v) is 11.2. The lowest BCUT2D eigenvalue weighted by Crippen LogP contribution is -2.48. The van der Waals surface area contributed by atoms with E-state index in [9.17, 15) is 26.4 Å². The largest absolute Gasteiger partial charge is 0.416 e. The highest BCUT2D eigenvalue weighted by Gasteiger charge is 2.47. The number of hydrogen-bond donors (Lipinski definition) is 0. The predicted molar refractivity (Wildman–Crippen MR) is 126 cm³/mol. The van der Waals surface area contributed by atoms with Gasteiger partial charge in [-0.1, -0.05) is 30.3 Å². The molecule has 0 bridgehead atoms. The van der Waals surface area contributed by atoms with E-state index in [2.05, 4.69) is 10.1 Å². The number of aromatic nitrogens is 2. The van der Waals surface area contributed by atoms with Crippen molar-refractivity contribution in [1.29, 1.82) is 0 Å². The van der Waals surface area contributed by atoms with Crippen molar-refractivity contribution >= 4 is 27.5 Å². The maximum Gasteiger partial charge on any atom is 0.416 e. The molecule has 188 valence electrons. The third kappa shape index (κ3) is 3.85. The normalized spacial score (nSPS) is 17.2. The molecule has 0 unspecified atom stereocenters. The quantitative estimate of drug-likeness (QED) is 0.525. The van der Waals surface area contributed by atoms with Crippen molar-refractivity contribution in [3.8, 4) is 0 Å². The highest BCUT2D eigenvalue weighted by atomic mass is 32.2. The van der Waals surface area contributed by atoms with Gasteiger partial charge in [-0.15, -0.1) is 0 Å². The van der Waals surface area contributed by atoms with E-state index < -0.39 is 33.0 Å². The summed E-state index contributed by atoms with van der Waals surface area (Å²) in [5.41, 5.74) is -1.06. The van der Waals surface area contributed by atoms with Crippen molar-refractivity contribution in [1.82, 2.24) is 14.7 Å². The minimum absolute atomic E-state index is 0.0296. The van der Waals surface area contributed by atoms with Crippen molar-refractivity contribution < 1.29 is 26.4 Å². The van der Waals surface area contributed by atoms with Crippen LogP contribution >= 0.6 is 0 Å². The van der Waals surface area contributed by atoms with Gasteiger partial charge in [0.2, 0.25) is 15.8 Å². The summed E-state index contributed by atoms with van der Waals surface area (Å²) in [6, 6.07) is 12.0. The molecule has 3 aromatic rings. The molecule has 0 saturated heterocycles. The summed E-state index contributed by atoms with van der Waals surface area (Å²) in [5, 5.41) is 4.20. The van der Waals surface area contributed by atoms with Crippen LogP contribution in [0.2, 0.25) is 0 Å². The van der Waals surface area contributed by atoms with Crippen LogP contribution in [-0.2, 0) is 22.6 Å². The molecule has 12 heteroatoms. The number of nitrogens with zero attached hydrogens (tertiary/aromatic N) is 5. The highest BCUT2D eigenvalue weighted by molar-refractivity contribution is 7.91. The van der Waals surface area contributed by atoms with Gasteiger partial charge >= 0.3 is 6.18 Å². The number of benzene rings is 2. The molecule has 0 saturated carbocycles. The van der Waals surface area contributed by atoms with Gasteiger partial charge in [-0.2, -0.15) is 18.3 Å². The first-order valence-corrected chi connectivity index (χ1v) is 12.5. The maximum atomic E-state index is 13.8. The first-order valence-electron chi connectivity index (χ1n) is 11.0. The number of aliphatic imine (C=N–C) groups is 1. The fourth-order valence-corrected chi connectivity index (χ4v) is 5.95. The number of alkyl halides is 3. The standard InChI is InChI=1S/C24H22F3N5O3S/c1-23(2)14-31-19-18(20(33)30(3)22(31)28-23)21(36(34,35)17-7-5-4-6-8-17)32(29-19)13-15-9-11-16(12-10-15)24(25,26)27/h4-12H,13-14H2,1-3H3. The monoisotopic (exact) mass is 517 g/mol. The summed E-state index contributed by atoms with van der Waals surface area (Å²) in [5.74, 6) is -0.0601. The Balaban J connectivity index is 1.69. The van der Waals surface area contributed by atoms with Crippen LogP contribution in [-0.4, -0.2) is 54.1 Å². The molecule has 0 aliphatic carbocycles. The average Bonchev–Trinajstić information content (AvgIpc) is 3.35. The first kappa shape index (κ1) is 24.0.